The minimum absolute atomic E-state index is 0.0385. The number of hydrogen-bond donors (Lipinski definition) is 2. The number of hydrogen-bond acceptors (Lipinski definition) is 4. The molecular formula is C18H26N2O3. The van der Waals surface area contributed by atoms with Crippen LogP contribution in [0, 0.1) is 11.8 Å². The van der Waals surface area contributed by atoms with Crippen LogP contribution in [0.2, 0.25) is 0 Å². The number of piperidine rings is 1. The van der Waals surface area contributed by atoms with Crippen LogP contribution in [0.1, 0.15) is 24.8 Å². The third-order valence-electron chi connectivity index (χ3n) is 4.94. The molecule has 0 radical (unpaired) electrons. The maximum absolute atomic E-state index is 12.1. The fourth-order valence-electron chi connectivity index (χ4n) is 3.31. The highest BCUT2D eigenvalue weighted by atomic mass is 16.5. The first-order valence-corrected chi connectivity index (χ1v) is 8.46. The number of rotatable bonds is 6. The molecule has 5 heteroatoms. The smallest absolute Gasteiger partial charge is 0.223 e. The van der Waals surface area contributed by atoms with Gasteiger partial charge in [-0.05, 0) is 31.9 Å². The van der Waals surface area contributed by atoms with Gasteiger partial charge in [0.1, 0.15) is 5.75 Å². The Morgan fingerprint density at radius 1 is 1.35 bits per heavy atom. The summed E-state index contributed by atoms with van der Waals surface area (Å²) >= 11 is 0. The third-order valence-corrected chi connectivity index (χ3v) is 4.94. The van der Waals surface area contributed by atoms with Crippen LogP contribution in [0.5, 0.6) is 5.75 Å². The summed E-state index contributed by atoms with van der Waals surface area (Å²) < 4.78 is 5.42. The highest BCUT2D eigenvalue weighted by molar-refractivity contribution is 5.81. The number of nitrogens with zero attached hydrogens (tertiary/aromatic N) is 1. The molecule has 0 bridgehead atoms. The van der Waals surface area contributed by atoms with E-state index in [1.807, 2.05) is 18.2 Å². The molecular weight excluding hydrogens is 292 g/mol. The normalized spacial score (nSPS) is 25.1. The Morgan fingerprint density at radius 2 is 2.13 bits per heavy atom. The van der Waals surface area contributed by atoms with E-state index in [0.717, 1.165) is 50.2 Å². The number of aliphatic hydroxyl groups is 1. The molecule has 0 spiro atoms. The standard InChI is InChI=1S/C18H26N2O3/c1-23-17-5-3-2-4-14(17)10-20-9-8-15(12-21)16(11-20)19-18(22)13-6-7-13/h2-5,13,15-16,21H,6-12H2,1H3,(H,19,22)/t15-,16-/m1/s1. The predicted molar refractivity (Wildman–Crippen MR) is 88.1 cm³/mol. The molecule has 0 unspecified atom stereocenters. The lowest BCUT2D eigenvalue weighted by Gasteiger charge is -2.38. The van der Waals surface area contributed by atoms with Crippen LogP contribution in [0.4, 0.5) is 0 Å². The van der Waals surface area contributed by atoms with Gasteiger partial charge in [-0.3, -0.25) is 9.69 Å². The Hall–Kier alpha value is -1.59. The number of carbonyl (C=O) groups excluding carboxylic acids is 1. The van der Waals surface area contributed by atoms with Gasteiger partial charge in [0.25, 0.3) is 0 Å². The summed E-state index contributed by atoms with van der Waals surface area (Å²) in [5, 5.41) is 12.8. The van der Waals surface area contributed by atoms with Crippen molar-refractivity contribution >= 4 is 5.91 Å². The van der Waals surface area contributed by atoms with E-state index in [1.54, 1.807) is 7.11 Å². The van der Waals surface area contributed by atoms with Gasteiger partial charge in [-0.15, -0.1) is 0 Å². The van der Waals surface area contributed by atoms with Crippen LogP contribution < -0.4 is 10.1 Å². The van der Waals surface area contributed by atoms with Crippen LogP contribution in [0.3, 0.4) is 0 Å². The zero-order chi connectivity index (χ0) is 16.2. The minimum Gasteiger partial charge on any atom is -0.496 e. The predicted octanol–water partition coefficient (Wildman–Crippen LogP) is 1.40. The maximum Gasteiger partial charge on any atom is 0.223 e. The second-order valence-corrected chi connectivity index (χ2v) is 6.67. The van der Waals surface area contributed by atoms with Crippen molar-refractivity contribution in [2.75, 3.05) is 26.8 Å². The molecule has 1 aromatic carbocycles. The number of benzene rings is 1. The molecule has 1 aliphatic heterocycles. The average molecular weight is 318 g/mol. The lowest BCUT2D eigenvalue weighted by Crippen LogP contribution is -2.53. The summed E-state index contributed by atoms with van der Waals surface area (Å²) in [6, 6.07) is 8.08. The van der Waals surface area contributed by atoms with Crippen molar-refractivity contribution in [1.82, 2.24) is 10.2 Å². The van der Waals surface area contributed by atoms with Crippen molar-refractivity contribution < 1.29 is 14.6 Å². The van der Waals surface area contributed by atoms with E-state index >= 15 is 0 Å². The number of methoxy groups -OCH3 is 1. The molecule has 2 N–H and O–H groups in total. The zero-order valence-corrected chi connectivity index (χ0v) is 13.7. The first-order chi connectivity index (χ1) is 11.2. The quantitative estimate of drug-likeness (QED) is 0.832. The van der Waals surface area contributed by atoms with E-state index < -0.39 is 0 Å². The molecule has 1 saturated heterocycles. The third kappa shape index (κ3) is 4.03. The van der Waals surface area contributed by atoms with Crippen molar-refractivity contribution in [3.05, 3.63) is 29.8 Å². The highest BCUT2D eigenvalue weighted by Gasteiger charge is 2.35. The molecule has 126 valence electrons. The molecule has 1 aliphatic carbocycles. The summed E-state index contributed by atoms with van der Waals surface area (Å²) in [5.41, 5.74) is 1.16. The summed E-state index contributed by atoms with van der Waals surface area (Å²) in [6.45, 7) is 2.65. The number of nitrogens with one attached hydrogen (secondary N) is 1. The van der Waals surface area contributed by atoms with Crippen molar-refractivity contribution in [2.45, 2.75) is 31.8 Å². The number of amides is 1. The highest BCUT2D eigenvalue weighted by Crippen LogP contribution is 2.30. The van der Waals surface area contributed by atoms with Crippen molar-refractivity contribution in [3.8, 4) is 5.75 Å². The van der Waals surface area contributed by atoms with Crippen LogP contribution in [0.25, 0.3) is 0 Å². The van der Waals surface area contributed by atoms with Gasteiger partial charge in [0, 0.05) is 43.1 Å². The van der Waals surface area contributed by atoms with Crippen LogP contribution in [-0.4, -0.2) is 48.8 Å². The number of likely N-dealkylation sites (tertiary alicyclic amines) is 1. The molecule has 2 aliphatic rings. The molecule has 1 aromatic rings. The summed E-state index contributed by atoms with van der Waals surface area (Å²) in [5.74, 6) is 1.42. The van der Waals surface area contributed by atoms with Gasteiger partial charge in [-0.25, -0.2) is 0 Å². The molecule has 2 fully saturated rings. The fourth-order valence-corrected chi connectivity index (χ4v) is 3.31. The summed E-state index contributed by atoms with van der Waals surface area (Å²) in [4.78, 5) is 14.4. The minimum atomic E-state index is 0.0385. The SMILES string of the molecule is COc1ccccc1CN1CC[C@H](CO)[C@H](NC(=O)C2CC2)C1. The zero-order valence-electron chi connectivity index (χ0n) is 13.7. The van der Waals surface area contributed by atoms with Gasteiger partial charge in [0.15, 0.2) is 0 Å². The van der Waals surface area contributed by atoms with E-state index in [4.69, 9.17) is 4.74 Å². The molecule has 23 heavy (non-hydrogen) atoms. The molecule has 3 rings (SSSR count). The Labute approximate surface area is 137 Å². The number of aliphatic hydroxyl groups excluding tert-OH is 1. The average Bonchev–Trinajstić information content (AvgIpc) is 3.41. The Balaban J connectivity index is 1.63. The van der Waals surface area contributed by atoms with Crippen molar-refractivity contribution in [3.63, 3.8) is 0 Å². The van der Waals surface area contributed by atoms with Crippen molar-refractivity contribution in [1.29, 1.82) is 0 Å². The summed E-state index contributed by atoms with van der Waals surface area (Å²) in [7, 11) is 1.69. The largest absolute Gasteiger partial charge is 0.496 e. The van der Waals surface area contributed by atoms with E-state index in [2.05, 4.69) is 16.3 Å². The molecule has 1 amide bonds. The Kier molecular flexibility index (Phi) is 5.18. The number of ether oxygens (including phenoxy) is 1. The topological polar surface area (TPSA) is 61.8 Å². The molecule has 2 atom stereocenters. The molecule has 5 nitrogen and oxygen atoms in total. The van der Waals surface area contributed by atoms with Gasteiger partial charge in [0.05, 0.1) is 7.11 Å². The van der Waals surface area contributed by atoms with E-state index in [-0.39, 0.29) is 30.4 Å². The van der Waals surface area contributed by atoms with E-state index in [0.29, 0.717) is 0 Å². The Morgan fingerprint density at radius 3 is 2.83 bits per heavy atom. The molecule has 0 aromatic heterocycles. The first-order valence-electron chi connectivity index (χ1n) is 8.46. The van der Waals surface area contributed by atoms with Gasteiger partial charge < -0.3 is 15.2 Å². The van der Waals surface area contributed by atoms with Crippen LogP contribution in [0.15, 0.2) is 24.3 Å². The van der Waals surface area contributed by atoms with Gasteiger partial charge in [0.2, 0.25) is 5.91 Å². The molecule has 1 heterocycles. The van der Waals surface area contributed by atoms with Gasteiger partial charge >= 0.3 is 0 Å². The lowest BCUT2D eigenvalue weighted by atomic mass is 9.91. The second kappa shape index (κ2) is 7.32. The maximum atomic E-state index is 12.1. The lowest BCUT2D eigenvalue weighted by molar-refractivity contribution is -0.124. The number of para-hydroxylation sites is 1. The monoisotopic (exact) mass is 318 g/mol. The van der Waals surface area contributed by atoms with E-state index in [1.165, 1.54) is 0 Å². The summed E-state index contributed by atoms with van der Waals surface area (Å²) in [6.07, 6.45) is 2.92. The van der Waals surface area contributed by atoms with E-state index in [9.17, 15) is 9.90 Å². The van der Waals surface area contributed by atoms with Gasteiger partial charge in [-0.1, -0.05) is 18.2 Å². The van der Waals surface area contributed by atoms with Crippen LogP contribution >= 0.6 is 0 Å². The second-order valence-electron chi connectivity index (χ2n) is 6.67. The van der Waals surface area contributed by atoms with Crippen molar-refractivity contribution in [2.24, 2.45) is 11.8 Å². The first kappa shape index (κ1) is 16.3. The van der Waals surface area contributed by atoms with Crippen LogP contribution in [-0.2, 0) is 11.3 Å². The van der Waals surface area contributed by atoms with Gasteiger partial charge in [-0.2, -0.15) is 0 Å². The molecule has 1 saturated carbocycles. The Bertz CT molecular complexity index is 545. The fraction of sp³-hybridized carbons (Fsp3) is 0.611. The number of carbonyl (C=O) groups is 1.